The van der Waals surface area contributed by atoms with E-state index in [9.17, 15) is 10.1 Å². The summed E-state index contributed by atoms with van der Waals surface area (Å²) in [5.74, 6) is 0.907. The normalized spacial score (nSPS) is 19.9. The number of carbonyl (C=O) groups excluding carboxylic acids is 1. The number of fused-ring (bicyclic) bond motifs is 1. The van der Waals surface area contributed by atoms with Crippen LogP contribution in [0.4, 0.5) is 11.5 Å². The number of nitrogens with zero attached hydrogens (tertiary/aromatic N) is 5. The van der Waals surface area contributed by atoms with Crippen molar-refractivity contribution >= 4 is 29.2 Å². The second-order valence-electron chi connectivity index (χ2n) is 7.48. The maximum absolute atomic E-state index is 13.1. The minimum Gasteiger partial charge on any atom is -0.353 e. The molecule has 4 rings (SSSR count). The van der Waals surface area contributed by atoms with E-state index >= 15 is 0 Å². The highest BCUT2D eigenvalue weighted by Crippen LogP contribution is 2.37. The molecule has 0 bridgehead atoms. The maximum atomic E-state index is 13.1. The van der Waals surface area contributed by atoms with Crippen LogP contribution in [-0.4, -0.2) is 60.3 Å². The number of rotatable bonds is 3. The number of amides is 1. The fourth-order valence-electron chi connectivity index (χ4n) is 3.88. The van der Waals surface area contributed by atoms with Gasteiger partial charge in [-0.1, -0.05) is 19.1 Å². The minimum atomic E-state index is 0.163. The van der Waals surface area contributed by atoms with E-state index in [1.807, 2.05) is 28.8 Å². The molecule has 3 heterocycles. The van der Waals surface area contributed by atoms with Crippen LogP contribution in [0.2, 0.25) is 0 Å². The third-order valence-corrected chi connectivity index (χ3v) is 6.72. The molecule has 0 aliphatic carbocycles. The van der Waals surface area contributed by atoms with Crippen LogP contribution in [0.1, 0.15) is 18.9 Å². The van der Waals surface area contributed by atoms with Crippen LogP contribution in [0.15, 0.2) is 47.5 Å². The van der Waals surface area contributed by atoms with E-state index in [2.05, 4.69) is 39.9 Å². The van der Waals surface area contributed by atoms with Gasteiger partial charge in [-0.25, -0.2) is 4.98 Å². The third kappa shape index (κ3) is 4.39. The summed E-state index contributed by atoms with van der Waals surface area (Å²) in [4.78, 5) is 25.0. The topological polar surface area (TPSA) is 63.5 Å². The van der Waals surface area contributed by atoms with E-state index in [0.717, 1.165) is 50.6 Å². The van der Waals surface area contributed by atoms with Gasteiger partial charge in [-0.15, -0.1) is 11.8 Å². The Bertz CT molecular complexity index is 919. The lowest BCUT2D eigenvalue weighted by atomic mass is 10.2. The zero-order chi connectivity index (χ0) is 20.2. The number of hydrogen-bond acceptors (Lipinski definition) is 6. The lowest BCUT2D eigenvalue weighted by molar-refractivity contribution is -0.119. The highest BCUT2D eigenvalue weighted by molar-refractivity contribution is 8.00. The minimum absolute atomic E-state index is 0.163. The predicted molar refractivity (Wildman–Crippen MR) is 116 cm³/mol. The largest absolute Gasteiger partial charge is 0.353 e. The highest BCUT2D eigenvalue weighted by atomic mass is 32.2. The van der Waals surface area contributed by atoms with Crippen molar-refractivity contribution < 1.29 is 4.79 Å². The Hall–Kier alpha value is -2.56. The Morgan fingerprint density at radius 3 is 2.76 bits per heavy atom. The maximum Gasteiger partial charge on any atom is 0.241 e. The number of benzene rings is 1. The van der Waals surface area contributed by atoms with Gasteiger partial charge in [-0.3, -0.25) is 9.69 Å². The molecular formula is C22H25N5OS. The molecule has 0 N–H and O–H groups in total. The summed E-state index contributed by atoms with van der Waals surface area (Å²) >= 11 is 1.85. The summed E-state index contributed by atoms with van der Waals surface area (Å²) in [6.07, 6.45) is 2.72. The predicted octanol–water partition coefficient (Wildman–Crippen LogP) is 2.99. The number of hydrogen-bond donors (Lipinski definition) is 0. The first-order chi connectivity index (χ1) is 14.2. The van der Waals surface area contributed by atoms with Gasteiger partial charge in [0.1, 0.15) is 11.9 Å². The molecular weight excluding hydrogens is 382 g/mol. The number of aromatic nitrogens is 1. The van der Waals surface area contributed by atoms with Crippen LogP contribution >= 0.6 is 11.8 Å². The van der Waals surface area contributed by atoms with Crippen molar-refractivity contribution in [1.29, 1.82) is 5.26 Å². The van der Waals surface area contributed by atoms with E-state index in [1.54, 1.807) is 18.3 Å². The van der Waals surface area contributed by atoms with Crippen LogP contribution in [0.3, 0.4) is 0 Å². The molecule has 1 amide bonds. The van der Waals surface area contributed by atoms with Gasteiger partial charge in [-0.2, -0.15) is 5.26 Å². The Balaban J connectivity index is 1.40. The van der Waals surface area contributed by atoms with Gasteiger partial charge in [0.15, 0.2) is 0 Å². The summed E-state index contributed by atoms with van der Waals surface area (Å²) in [7, 11) is 0. The summed E-state index contributed by atoms with van der Waals surface area (Å²) in [6, 6.07) is 14.0. The van der Waals surface area contributed by atoms with Crippen molar-refractivity contribution in [3.8, 4) is 6.07 Å². The Kier molecular flexibility index (Phi) is 6.02. The van der Waals surface area contributed by atoms with Gasteiger partial charge in [0.25, 0.3) is 0 Å². The first-order valence-corrected chi connectivity index (χ1v) is 10.9. The lowest BCUT2D eigenvalue weighted by Gasteiger charge is -2.36. The van der Waals surface area contributed by atoms with Gasteiger partial charge in [0, 0.05) is 49.1 Å². The summed E-state index contributed by atoms with van der Waals surface area (Å²) in [5.41, 5.74) is 1.64. The Morgan fingerprint density at radius 2 is 1.97 bits per heavy atom. The standard InChI is InChI=1S/C22H25N5OS/c1-17-8-10-27(19-6-2-3-7-20(19)29-17)21(28)16-25-11-13-26(14-12-25)22-18(15-23)5-4-9-24-22/h2-7,9,17H,8,10-14,16H2,1H3. The molecule has 1 aromatic carbocycles. The van der Waals surface area contributed by atoms with Gasteiger partial charge in [0.2, 0.25) is 5.91 Å². The first-order valence-electron chi connectivity index (χ1n) is 10.0. The molecule has 0 spiro atoms. The smallest absolute Gasteiger partial charge is 0.241 e. The van der Waals surface area contributed by atoms with Crippen molar-refractivity contribution in [1.82, 2.24) is 9.88 Å². The second-order valence-corrected chi connectivity index (χ2v) is 8.96. The fraction of sp³-hybridized carbons (Fsp3) is 0.409. The SMILES string of the molecule is CC1CCN(C(=O)CN2CCN(c3ncccc3C#N)CC2)c2ccccc2S1. The number of piperazine rings is 1. The Morgan fingerprint density at radius 1 is 1.17 bits per heavy atom. The van der Waals surface area contributed by atoms with Crippen molar-refractivity contribution in [2.75, 3.05) is 49.1 Å². The molecule has 7 heteroatoms. The molecule has 1 saturated heterocycles. The average molecular weight is 408 g/mol. The zero-order valence-corrected chi connectivity index (χ0v) is 17.4. The van der Waals surface area contributed by atoms with E-state index in [4.69, 9.17) is 0 Å². The van der Waals surface area contributed by atoms with E-state index < -0.39 is 0 Å². The molecule has 2 aliphatic rings. The van der Waals surface area contributed by atoms with E-state index in [1.165, 1.54) is 4.90 Å². The molecule has 2 aliphatic heterocycles. The molecule has 1 fully saturated rings. The molecule has 6 nitrogen and oxygen atoms in total. The number of carbonyl (C=O) groups is 1. The van der Waals surface area contributed by atoms with Crippen LogP contribution in [-0.2, 0) is 4.79 Å². The number of para-hydroxylation sites is 1. The average Bonchev–Trinajstić information content (AvgIpc) is 2.92. The van der Waals surface area contributed by atoms with Gasteiger partial charge in [0.05, 0.1) is 17.8 Å². The third-order valence-electron chi connectivity index (χ3n) is 5.48. The van der Waals surface area contributed by atoms with Crippen molar-refractivity contribution in [2.45, 2.75) is 23.5 Å². The van der Waals surface area contributed by atoms with Gasteiger partial charge in [-0.05, 0) is 30.7 Å². The number of thioether (sulfide) groups is 1. The zero-order valence-electron chi connectivity index (χ0n) is 16.6. The first kappa shape index (κ1) is 19.7. The van der Waals surface area contributed by atoms with Gasteiger partial charge < -0.3 is 9.80 Å². The van der Waals surface area contributed by atoms with Crippen LogP contribution < -0.4 is 9.80 Å². The summed E-state index contributed by atoms with van der Waals surface area (Å²) in [5, 5.41) is 9.81. The lowest BCUT2D eigenvalue weighted by Crippen LogP contribution is -2.50. The van der Waals surface area contributed by atoms with E-state index in [0.29, 0.717) is 17.4 Å². The molecule has 29 heavy (non-hydrogen) atoms. The second kappa shape index (κ2) is 8.85. The quantitative estimate of drug-likeness (QED) is 0.779. The van der Waals surface area contributed by atoms with Crippen LogP contribution in [0.25, 0.3) is 0 Å². The van der Waals surface area contributed by atoms with E-state index in [-0.39, 0.29) is 5.91 Å². The Labute approximate surface area is 176 Å². The fourth-order valence-corrected chi connectivity index (χ4v) is 4.99. The summed E-state index contributed by atoms with van der Waals surface area (Å²) < 4.78 is 0. The molecule has 1 aromatic heterocycles. The van der Waals surface area contributed by atoms with Crippen LogP contribution in [0.5, 0.6) is 0 Å². The van der Waals surface area contributed by atoms with Crippen molar-refractivity contribution in [2.24, 2.45) is 0 Å². The molecule has 2 aromatic rings. The molecule has 150 valence electrons. The van der Waals surface area contributed by atoms with Gasteiger partial charge >= 0.3 is 0 Å². The molecule has 0 radical (unpaired) electrons. The van der Waals surface area contributed by atoms with Crippen molar-refractivity contribution in [3.05, 3.63) is 48.2 Å². The highest BCUT2D eigenvalue weighted by Gasteiger charge is 2.27. The number of anilines is 2. The molecule has 0 saturated carbocycles. The summed E-state index contributed by atoms with van der Waals surface area (Å²) in [6.45, 7) is 6.52. The monoisotopic (exact) mass is 407 g/mol. The molecule has 1 unspecified atom stereocenters. The van der Waals surface area contributed by atoms with Crippen molar-refractivity contribution in [3.63, 3.8) is 0 Å². The molecule has 1 atom stereocenters. The van der Waals surface area contributed by atoms with Crippen LogP contribution in [0, 0.1) is 11.3 Å². The number of pyridine rings is 1. The number of nitriles is 1.